The van der Waals surface area contributed by atoms with Crippen molar-refractivity contribution < 1.29 is 0 Å². The second-order valence-corrected chi connectivity index (χ2v) is 3.26. The first-order valence-corrected chi connectivity index (χ1v) is 4.65. The van der Waals surface area contributed by atoms with E-state index in [-0.39, 0.29) is 0 Å². The molecule has 74 valence electrons. The summed E-state index contributed by atoms with van der Waals surface area (Å²) in [5.74, 6) is 1.78. The van der Waals surface area contributed by atoms with Crippen LogP contribution in [0.25, 0.3) is 11.5 Å². The minimum Gasteiger partial charge on any atom is -0.288 e. The Kier molecular flexibility index (Phi) is 1.58. The third kappa shape index (κ3) is 1.20. The van der Waals surface area contributed by atoms with E-state index in [1.165, 1.54) is 0 Å². The molecule has 0 saturated carbocycles. The van der Waals surface area contributed by atoms with Gasteiger partial charge in [0.2, 0.25) is 0 Å². The molecule has 0 radical (unpaired) electrons. The number of nitrogens with zero attached hydrogens (tertiary/aromatic N) is 5. The van der Waals surface area contributed by atoms with Crippen LogP contribution in [0.1, 0.15) is 5.82 Å². The molecule has 3 aromatic heterocycles. The largest absolute Gasteiger partial charge is 0.288 e. The summed E-state index contributed by atoms with van der Waals surface area (Å²) < 4.78 is 3.67. The Balaban J connectivity index is 2.23. The van der Waals surface area contributed by atoms with E-state index in [1.54, 1.807) is 16.9 Å². The third-order valence-electron chi connectivity index (χ3n) is 2.32. The Morgan fingerprint density at radius 3 is 2.87 bits per heavy atom. The highest BCUT2D eigenvalue weighted by atomic mass is 15.3. The molecular weight excluding hydrogens is 190 g/mol. The van der Waals surface area contributed by atoms with E-state index in [2.05, 4.69) is 15.1 Å². The second kappa shape index (κ2) is 2.91. The van der Waals surface area contributed by atoms with Crippen LogP contribution in [0.2, 0.25) is 0 Å². The highest BCUT2D eigenvalue weighted by molar-refractivity contribution is 5.40. The lowest BCUT2D eigenvalue weighted by molar-refractivity contribution is 0.890. The van der Waals surface area contributed by atoms with E-state index in [4.69, 9.17) is 0 Å². The first-order chi connectivity index (χ1) is 7.34. The van der Waals surface area contributed by atoms with E-state index in [0.29, 0.717) is 0 Å². The van der Waals surface area contributed by atoms with Crippen molar-refractivity contribution in [3.8, 4) is 5.82 Å². The fourth-order valence-electron chi connectivity index (χ4n) is 1.56. The maximum absolute atomic E-state index is 4.46. The van der Waals surface area contributed by atoms with Gasteiger partial charge in [0.25, 0.3) is 0 Å². The lowest BCUT2D eigenvalue weighted by Crippen LogP contribution is -2.00. The van der Waals surface area contributed by atoms with Crippen LogP contribution in [-0.4, -0.2) is 24.1 Å². The molecule has 3 heterocycles. The summed E-state index contributed by atoms with van der Waals surface area (Å²) in [6, 6.07) is 3.78. The molecule has 0 unspecified atom stereocenters. The number of imidazole rings is 1. The van der Waals surface area contributed by atoms with Gasteiger partial charge in [-0.15, -0.1) is 0 Å². The van der Waals surface area contributed by atoms with Gasteiger partial charge >= 0.3 is 0 Å². The molecule has 0 aliphatic heterocycles. The quantitative estimate of drug-likeness (QED) is 0.592. The van der Waals surface area contributed by atoms with Crippen LogP contribution in [0.15, 0.2) is 36.9 Å². The molecule has 3 aromatic rings. The molecule has 0 bridgehead atoms. The van der Waals surface area contributed by atoms with Crippen molar-refractivity contribution in [2.45, 2.75) is 6.92 Å². The fourth-order valence-corrected chi connectivity index (χ4v) is 1.56. The van der Waals surface area contributed by atoms with Gasteiger partial charge in [0.05, 0.1) is 6.20 Å². The summed E-state index contributed by atoms with van der Waals surface area (Å²) in [6.45, 7) is 1.95. The van der Waals surface area contributed by atoms with Crippen LogP contribution in [0.3, 0.4) is 0 Å². The van der Waals surface area contributed by atoms with Crippen molar-refractivity contribution in [3.63, 3.8) is 0 Å². The molecule has 0 spiro atoms. The van der Waals surface area contributed by atoms with Crippen molar-refractivity contribution in [2.75, 3.05) is 0 Å². The van der Waals surface area contributed by atoms with Gasteiger partial charge in [0, 0.05) is 24.7 Å². The highest BCUT2D eigenvalue weighted by Crippen LogP contribution is 2.08. The first-order valence-electron chi connectivity index (χ1n) is 4.65. The number of rotatable bonds is 1. The van der Waals surface area contributed by atoms with Crippen LogP contribution in [0.4, 0.5) is 0 Å². The molecule has 0 aliphatic rings. The zero-order chi connectivity index (χ0) is 10.3. The Bertz CT molecular complexity index is 607. The maximum Gasteiger partial charge on any atom is 0.157 e. The maximum atomic E-state index is 4.46. The zero-order valence-corrected chi connectivity index (χ0v) is 8.20. The minimum atomic E-state index is 0.834. The van der Waals surface area contributed by atoms with Gasteiger partial charge in [-0.3, -0.25) is 4.57 Å². The highest BCUT2D eigenvalue weighted by Gasteiger charge is 2.02. The van der Waals surface area contributed by atoms with Crippen molar-refractivity contribution >= 4 is 5.65 Å². The van der Waals surface area contributed by atoms with Crippen molar-refractivity contribution in [2.24, 2.45) is 0 Å². The standard InChI is InChI=1S/C10H9N5/c1-8-11-5-7-14(8)9-3-6-15-10(13-9)2-4-12-15/h2-7H,1H3. The molecule has 0 amide bonds. The molecule has 0 fully saturated rings. The average molecular weight is 199 g/mol. The van der Waals surface area contributed by atoms with Gasteiger partial charge in [-0.1, -0.05) is 0 Å². The van der Waals surface area contributed by atoms with Gasteiger partial charge in [-0.25, -0.2) is 14.5 Å². The third-order valence-corrected chi connectivity index (χ3v) is 2.32. The predicted molar refractivity (Wildman–Crippen MR) is 54.8 cm³/mol. The summed E-state index contributed by atoms with van der Waals surface area (Å²) in [7, 11) is 0. The summed E-state index contributed by atoms with van der Waals surface area (Å²) in [5, 5.41) is 4.09. The Morgan fingerprint density at radius 2 is 2.07 bits per heavy atom. The molecule has 15 heavy (non-hydrogen) atoms. The van der Waals surface area contributed by atoms with Gasteiger partial charge in [0.1, 0.15) is 11.6 Å². The van der Waals surface area contributed by atoms with E-state index in [9.17, 15) is 0 Å². The predicted octanol–water partition coefficient (Wildman–Crippen LogP) is 1.22. The van der Waals surface area contributed by atoms with E-state index in [1.807, 2.05) is 36.0 Å². The number of hydrogen-bond acceptors (Lipinski definition) is 3. The fraction of sp³-hybridized carbons (Fsp3) is 0.100. The molecule has 5 nitrogen and oxygen atoms in total. The van der Waals surface area contributed by atoms with E-state index < -0.39 is 0 Å². The Morgan fingerprint density at radius 1 is 1.13 bits per heavy atom. The molecule has 0 aromatic carbocycles. The normalized spacial score (nSPS) is 11.0. The summed E-state index contributed by atoms with van der Waals surface area (Å²) in [6.07, 6.45) is 7.27. The molecule has 0 aliphatic carbocycles. The SMILES string of the molecule is Cc1nccn1-c1ccn2nccc2n1. The first kappa shape index (κ1) is 8.16. The van der Waals surface area contributed by atoms with E-state index in [0.717, 1.165) is 17.3 Å². The van der Waals surface area contributed by atoms with Gasteiger partial charge in [-0.05, 0) is 13.0 Å². The zero-order valence-electron chi connectivity index (χ0n) is 8.20. The molecule has 5 heteroatoms. The van der Waals surface area contributed by atoms with Gasteiger partial charge < -0.3 is 0 Å². The second-order valence-electron chi connectivity index (χ2n) is 3.26. The lowest BCUT2D eigenvalue weighted by atomic mass is 10.5. The van der Waals surface area contributed by atoms with Crippen molar-refractivity contribution in [1.82, 2.24) is 24.1 Å². The van der Waals surface area contributed by atoms with Crippen LogP contribution in [-0.2, 0) is 0 Å². The molecular formula is C10H9N5. The smallest absolute Gasteiger partial charge is 0.157 e. The monoisotopic (exact) mass is 199 g/mol. The van der Waals surface area contributed by atoms with Crippen LogP contribution < -0.4 is 0 Å². The van der Waals surface area contributed by atoms with Crippen molar-refractivity contribution in [1.29, 1.82) is 0 Å². The minimum absolute atomic E-state index is 0.834. The van der Waals surface area contributed by atoms with Crippen molar-refractivity contribution in [3.05, 3.63) is 42.7 Å². The van der Waals surface area contributed by atoms with E-state index >= 15 is 0 Å². The number of aromatic nitrogens is 5. The molecule has 0 N–H and O–H groups in total. The van der Waals surface area contributed by atoms with Crippen LogP contribution in [0.5, 0.6) is 0 Å². The average Bonchev–Trinajstić information content (AvgIpc) is 2.84. The topological polar surface area (TPSA) is 48.0 Å². The van der Waals surface area contributed by atoms with Gasteiger partial charge in [0.15, 0.2) is 5.65 Å². The number of hydrogen-bond donors (Lipinski definition) is 0. The Labute approximate surface area is 86.0 Å². The number of fused-ring (bicyclic) bond motifs is 1. The molecule has 3 rings (SSSR count). The summed E-state index contributed by atoms with van der Waals surface area (Å²) in [4.78, 5) is 8.62. The number of aryl methyl sites for hydroxylation is 1. The van der Waals surface area contributed by atoms with Crippen LogP contribution in [0, 0.1) is 6.92 Å². The molecule has 0 atom stereocenters. The lowest BCUT2D eigenvalue weighted by Gasteiger charge is -2.03. The van der Waals surface area contributed by atoms with Crippen LogP contribution >= 0.6 is 0 Å². The summed E-state index contributed by atoms with van der Waals surface area (Å²) >= 11 is 0. The Hall–Kier alpha value is -2.17. The summed E-state index contributed by atoms with van der Waals surface area (Å²) in [5.41, 5.74) is 0.834. The molecule has 0 saturated heterocycles. The van der Waals surface area contributed by atoms with Gasteiger partial charge in [-0.2, -0.15) is 5.10 Å².